The van der Waals surface area contributed by atoms with Gasteiger partial charge in [-0.25, -0.2) is 13.4 Å². The van der Waals surface area contributed by atoms with Crippen molar-refractivity contribution < 1.29 is 8.42 Å². The molecule has 86 valence electrons. The Hall–Kier alpha value is -0.550. The molecular weight excluding hydrogens is 236 g/mol. The lowest BCUT2D eigenvalue weighted by molar-refractivity contribution is 0.606. The van der Waals surface area contributed by atoms with E-state index >= 15 is 0 Å². The summed E-state index contributed by atoms with van der Waals surface area (Å²) in [7, 11) is 1.53. The highest BCUT2D eigenvalue weighted by atomic mass is 35.7. The fourth-order valence-corrected chi connectivity index (χ4v) is 2.08. The van der Waals surface area contributed by atoms with Crippen LogP contribution in [0.4, 0.5) is 0 Å². The van der Waals surface area contributed by atoms with Crippen LogP contribution < -0.4 is 0 Å². The van der Waals surface area contributed by atoms with Crippen LogP contribution in [0.3, 0.4) is 0 Å². The molecule has 1 aromatic heterocycles. The first-order valence-electron chi connectivity index (χ1n) is 4.88. The first kappa shape index (κ1) is 12.5. The van der Waals surface area contributed by atoms with Gasteiger partial charge < -0.3 is 4.57 Å². The topological polar surface area (TPSA) is 52.0 Å². The third-order valence-corrected chi connectivity index (χ3v) is 3.19. The van der Waals surface area contributed by atoms with Crippen molar-refractivity contribution in [1.29, 1.82) is 0 Å². The van der Waals surface area contributed by atoms with Crippen LogP contribution in [0, 0.1) is 0 Å². The molecule has 0 fully saturated rings. The van der Waals surface area contributed by atoms with Crippen LogP contribution in [-0.4, -0.2) is 18.0 Å². The Balaban J connectivity index is 3.21. The fourth-order valence-electron chi connectivity index (χ4n) is 1.40. The monoisotopic (exact) mass is 250 g/mol. The molecule has 0 aliphatic carbocycles. The Kier molecular flexibility index (Phi) is 3.78. The Morgan fingerprint density at radius 3 is 2.53 bits per heavy atom. The maximum Gasteiger partial charge on any atom is 0.280 e. The van der Waals surface area contributed by atoms with Crippen LogP contribution in [0.25, 0.3) is 0 Å². The standard InChI is InChI=1S/C9H15ClN2O2S/c1-4-5-12-6-8(15(10,13)14)11-9(12)7(2)3/h6-7H,4-5H2,1-3H3. The van der Waals surface area contributed by atoms with Crippen molar-refractivity contribution in [3.63, 3.8) is 0 Å². The summed E-state index contributed by atoms with van der Waals surface area (Å²) in [6.07, 6.45) is 2.43. The van der Waals surface area contributed by atoms with E-state index < -0.39 is 9.05 Å². The Bertz CT molecular complexity index is 437. The van der Waals surface area contributed by atoms with Crippen LogP contribution in [0.15, 0.2) is 11.2 Å². The predicted molar refractivity (Wildman–Crippen MR) is 59.6 cm³/mol. The van der Waals surface area contributed by atoms with Crippen molar-refractivity contribution in [3.8, 4) is 0 Å². The van der Waals surface area contributed by atoms with Gasteiger partial charge in [-0.15, -0.1) is 0 Å². The van der Waals surface area contributed by atoms with Gasteiger partial charge in [0.25, 0.3) is 9.05 Å². The predicted octanol–water partition coefficient (Wildman–Crippen LogP) is 2.34. The summed E-state index contributed by atoms with van der Waals surface area (Å²) in [6, 6.07) is 0. The van der Waals surface area contributed by atoms with Gasteiger partial charge in [0, 0.05) is 29.3 Å². The van der Waals surface area contributed by atoms with Crippen LogP contribution in [-0.2, 0) is 15.6 Å². The molecule has 0 aliphatic rings. The van der Waals surface area contributed by atoms with Crippen LogP contribution >= 0.6 is 10.7 Å². The van der Waals surface area contributed by atoms with E-state index in [0.29, 0.717) is 0 Å². The maximum atomic E-state index is 11.1. The Morgan fingerprint density at radius 1 is 1.53 bits per heavy atom. The SMILES string of the molecule is CCCn1cc(S(=O)(=O)Cl)nc1C(C)C. The van der Waals surface area contributed by atoms with E-state index in [2.05, 4.69) is 4.98 Å². The second kappa shape index (κ2) is 4.53. The van der Waals surface area contributed by atoms with Crippen molar-refractivity contribution >= 4 is 19.7 Å². The molecule has 0 spiro atoms. The Morgan fingerprint density at radius 2 is 2.13 bits per heavy atom. The van der Waals surface area contributed by atoms with Gasteiger partial charge in [-0.3, -0.25) is 0 Å². The van der Waals surface area contributed by atoms with Crippen LogP contribution in [0.2, 0.25) is 0 Å². The zero-order valence-corrected chi connectivity index (χ0v) is 10.6. The lowest BCUT2D eigenvalue weighted by Crippen LogP contribution is -2.03. The zero-order valence-electron chi connectivity index (χ0n) is 9.07. The first-order valence-corrected chi connectivity index (χ1v) is 7.19. The number of rotatable bonds is 4. The van der Waals surface area contributed by atoms with Gasteiger partial charge in [-0.2, -0.15) is 0 Å². The van der Waals surface area contributed by atoms with Crippen LogP contribution in [0.5, 0.6) is 0 Å². The van der Waals surface area contributed by atoms with Crippen molar-refractivity contribution in [3.05, 3.63) is 12.0 Å². The number of nitrogens with zero attached hydrogens (tertiary/aromatic N) is 2. The summed E-state index contributed by atoms with van der Waals surface area (Å²) < 4.78 is 24.1. The molecule has 1 aromatic rings. The van der Waals surface area contributed by atoms with E-state index in [0.717, 1.165) is 18.8 Å². The van der Waals surface area contributed by atoms with Gasteiger partial charge in [0.15, 0.2) is 5.03 Å². The number of hydrogen-bond acceptors (Lipinski definition) is 3. The number of hydrogen-bond donors (Lipinski definition) is 0. The highest BCUT2D eigenvalue weighted by molar-refractivity contribution is 8.13. The Labute approximate surface area is 94.7 Å². The van der Waals surface area contributed by atoms with Crippen LogP contribution in [0.1, 0.15) is 38.9 Å². The summed E-state index contributed by atoms with van der Waals surface area (Å²) in [5, 5.41) is -0.0543. The number of aryl methyl sites for hydroxylation is 1. The molecule has 0 atom stereocenters. The smallest absolute Gasteiger partial charge is 0.280 e. The van der Waals surface area contributed by atoms with E-state index in [9.17, 15) is 8.42 Å². The molecule has 1 rings (SSSR count). The van der Waals surface area contributed by atoms with Gasteiger partial charge in [0.05, 0.1) is 0 Å². The second-order valence-corrected chi connectivity index (χ2v) is 6.24. The highest BCUT2D eigenvalue weighted by Crippen LogP contribution is 2.19. The van der Waals surface area contributed by atoms with Gasteiger partial charge in [-0.1, -0.05) is 20.8 Å². The molecule has 0 N–H and O–H groups in total. The van der Waals surface area contributed by atoms with Gasteiger partial charge >= 0.3 is 0 Å². The number of aromatic nitrogens is 2. The minimum Gasteiger partial charge on any atom is -0.333 e. The molecule has 0 amide bonds. The van der Waals surface area contributed by atoms with E-state index in [-0.39, 0.29) is 10.9 Å². The lowest BCUT2D eigenvalue weighted by atomic mass is 10.2. The van der Waals surface area contributed by atoms with E-state index in [1.54, 1.807) is 0 Å². The van der Waals surface area contributed by atoms with E-state index in [1.807, 2.05) is 25.3 Å². The molecule has 15 heavy (non-hydrogen) atoms. The average molecular weight is 251 g/mol. The van der Waals surface area contributed by atoms with Crippen molar-refractivity contribution in [1.82, 2.24) is 9.55 Å². The summed E-state index contributed by atoms with van der Waals surface area (Å²) in [5.74, 6) is 0.944. The minimum absolute atomic E-state index is 0.0543. The first-order chi connectivity index (χ1) is 6.86. The maximum absolute atomic E-state index is 11.1. The highest BCUT2D eigenvalue weighted by Gasteiger charge is 2.18. The fraction of sp³-hybridized carbons (Fsp3) is 0.667. The second-order valence-electron chi connectivity index (χ2n) is 3.72. The molecule has 0 aliphatic heterocycles. The molecule has 0 unspecified atom stereocenters. The number of imidazole rings is 1. The largest absolute Gasteiger partial charge is 0.333 e. The molecule has 4 nitrogen and oxygen atoms in total. The van der Waals surface area contributed by atoms with Crippen molar-refractivity contribution in [2.75, 3.05) is 0 Å². The summed E-state index contributed by atoms with van der Waals surface area (Å²) >= 11 is 0. The third kappa shape index (κ3) is 2.95. The molecular formula is C9H15ClN2O2S. The normalized spacial score (nSPS) is 12.3. The molecule has 0 radical (unpaired) electrons. The quantitative estimate of drug-likeness (QED) is 0.771. The molecule has 0 saturated carbocycles. The third-order valence-electron chi connectivity index (χ3n) is 2.02. The van der Waals surface area contributed by atoms with Crippen molar-refractivity contribution in [2.24, 2.45) is 0 Å². The van der Waals surface area contributed by atoms with Crippen molar-refractivity contribution in [2.45, 2.75) is 44.7 Å². The summed E-state index contributed by atoms with van der Waals surface area (Å²) in [6.45, 7) is 6.73. The molecule has 0 bridgehead atoms. The molecule has 6 heteroatoms. The average Bonchev–Trinajstić information content (AvgIpc) is 2.48. The van der Waals surface area contributed by atoms with E-state index in [1.165, 1.54) is 6.20 Å². The summed E-state index contributed by atoms with van der Waals surface area (Å²) in [5.41, 5.74) is 0. The molecule has 0 saturated heterocycles. The zero-order chi connectivity index (χ0) is 11.6. The number of halogens is 1. The van der Waals surface area contributed by atoms with E-state index in [4.69, 9.17) is 10.7 Å². The molecule has 0 aromatic carbocycles. The van der Waals surface area contributed by atoms with Gasteiger partial charge in [-0.05, 0) is 6.42 Å². The molecule has 1 heterocycles. The summed E-state index contributed by atoms with van der Waals surface area (Å²) in [4.78, 5) is 4.04. The van der Waals surface area contributed by atoms with Gasteiger partial charge in [0.2, 0.25) is 0 Å². The lowest BCUT2D eigenvalue weighted by Gasteiger charge is -2.07. The van der Waals surface area contributed by atoms with Gasteiger partial charge in [0.1, 0.15) is 5.82 Å². The minimum atomic E-state index is -3.72.